The van der Waals surface area contributed by atoms with Gasteiger partial charge in [0.25, 0.3) is 11.5 Å². The number of anilines is 1. The molecule has 4 heterocycles. The minimum Gasteiger partial charge on any atom is -0.376 e. The third-order valence-electron chi connectivity index (χ3n) is 7.02. The summed E-state index contributed by atoms with van der Waals surface area (Å²) in [6.45, 7) is 11.7. The number of ether oxygens (including phenoxy) is 1. The summed E-state index contributed by atoms with van der Waals surface area (Å²) in [6, 6.07) is 2.13. The number of aromatic nitrogens is 1. The van der Waals surface area contributed by atoms with Crippen molar-refractivity contribution >= 4 is 46.1 Å². The van der Waals surface area contributed by atoms with Gasteiger partial charge in [-0.2, -0.15) is 5.26 Å². The maximum atomic E-state index is 13.4. The molecule has 7 nitrogen and oxygen atoms in total. The van der Waals surface area contributed by atoms with Gasteiger partial charge in [-0.15, -0.1) is 0 Å². The van der Waals surface area contributed by atoms with Crippen molar-refractivity contribution in [3.8, 4) is 6.07 Å². The van der Waals surface area contributed by atoms with E-state index in [0.29, 0.717) is 39.7 Å². The Kier molecular flexibility index (Phi) is 8.04. The fraction of sp³-hybridized carbons (Fsp3) is 0.615. The van der Waals surface area contributed by atoms with Gasteiger partial charge in [0.2, 0.25) is 0 Å². The lowest BCUT2D eigenvalue weighted by atomic mass is 9.91. The van der Waals surface area contributed by atoms with Crippen molar-refractivity contribution < 1.29 is 9.53 Å². The van der Waals surface area contributed by atoms with Gasteiger partial charge >= 0.3 is 0 Å². The van der Waals surface area contributed by atoms with Crippen molar-refractivity contribution in [2.75, 3.05) is 31.1 Å². The van der Waals surface area contributed by atoms with Gasteiger partial charge in [0.15, 0.2) is 0 Å². The fourth-order valence-corrected chi connectivity index (χ4v) is 6.79. The van der Waals surface area contributed by atoms with E-state index in [1.54, 1.807) is 9.47 Å². The molecule has 0 bridgehead atoms. The van der Waals surface area contributed by atoms with Gasteiger partial charge in [-0.3, -0.25) is 19.1 Å². The number of amides is 1. The van der Waals surface area contributed by atoms with Gasteiger partial charge in [0.1, 0.15) is 21.8 Å². The first-order valence-corrected chi connectivity index (χ1v) is 13.8. The number of piperidine rings is 1. The summed E-state index contributed by atoms with van der Waals surface area (Å²) in [5.41, 5.74) is 1.28. The summed E-state index contributed by atoms with van der Waals surface area (Å²) >= 11 is 6.84. The number of carbonyl (C=O) groups excluding carboxylic acids is 1. The summed E-state index contributed by atoms with van der Waals surface area (Å²) in [7, 11) is 0. The summed E-state index contributed by atoms with van der Waals surface area (Å²) in [6.07, 6.45) is 5.71. The number of hydrogen-bond acceptors (Lipinski definition) is 7. The van der Waals surface area contributed by atoms with Crippen molar-refractivity contribution in [2.45, 2.75) is 66.0 Å². The van der Waals surface area contributed by atoms with Crippen molar-refractivity contribution in [3.05, 3.63) is 31.9 Å². The molecule has 0 aliphatic carbocycles. The van der Waals surface area contributed by atoms with E-state index in [9.17, 15) is 14.9 Å². The van der Waals surface area contributed by atoms with E-state index in [1.807, 2.05) is 19.9 Å². The van der Waals surface area contributed by atoms with Gasteiger partial charge in [-0.1, -0.05) is 44.8 Å². The van der Waals surface area contributed by atoms with Crippen LogP contribution in [0.4, 0.5) is 5.82 Å². The highest BCUT2D eigenvalue weighted by Crippen LogP contribution is 2.37. The highest BCUT2D eigenvalue weighted by atomic mass is 32.2. The predicted octanol–water partition coefficient (Wildman–Crippen LogP) is 4.30. The third kappa shape index (κ3) is 5.20. The number of carbonyl (C=O) groups is 1. The van der Waals surface area contributed by atoms with E-state index in [4.69, 9.17) is 17.0 Å². The first-order valence-electron chi connectivity index (χ1n) is 12.5. The molecule has 35 heavy (non-hydrogen) atoms. The molecule has 1 aromatic rings. The van der Waals surface area contributed by atoms with Crippen molar-refractivity contribution in [2.24, 2.45) is 11.8 Å². The summed E-state index contributed by atoms with van der Waals surface area (Å²) in [5.74, 6) is 1.65. The van der Waals surface area contributed by atoms with Crippen molar-refractivity contribution in [1.82, 2.24) is 9.47 Å². The second kappa shape index (κ2) is 10.9. The van der Waals surface area contributed by atoms with Crippen LogP contribution in [-0.2, 0) is 16.1 Å². The largest absolute Gasteiger partial charge is 0.376 e. The average Bonchev–Trinajstić information content (AvgIpc) is 3.41. The molecule has 1 amide bonds. The lowest BCUT2D eigenvalue weighted by Crippen LogP contribution is -2.43. The Morgan fingerprint density at radius 3 is 2.57 bits per heavy atom. The standard InChI is InChI=1S/C26H34N4O3S2/c1-5-8-29-23(28-13-16(2)10-17(3)14-28)20(18(4)21(12-27)24(29)31)11-22-25(32)30(26(34)35-22)15-19-7-6-9-33-19/h11,16-17,19H,5-10,13-15H2,1-4H3/b22-11-. The number of thiocarbonyl (C=S) groups is 1. The Labute approximate surface area is 217 Å². The van der Waals surface area contributed by atoms with Crippen LogP contribution in [0.25, 0.3) is 6.08 Å². The Balaban J connectivity index is 1.83. The maximum Gasteiger partial charge on any atom is 0.270 e. The number of pyridine rings is 1. The van der Waals surface area contributed by atoms with E-state index < -0.39 is 0 Å². The number of rotatable bonds is 6. The SMILES string of the molecule is CCCn1c(N2CC(C)CC(C)C2)c(/C=C2\SC(=S)N(CC3CCCO3)C2=O)c(C)c(C#N)c1=O. The van der Waals surface area contributed by atoms with Crippen LogP contribution in [0.3, 0.4) is 0 Å². The quantitative estimate of drug-likeness (QED) is 0.414. The summed E-state index contributed by atoms with van der Waals surface area (Å²) in [5, 5.41) is 9.85. The normalized spacial score (nSPS) is 26.1. The second-order valence-corrected chi connectivity index (χ2v) is 11.8. The zero-order valence-corrected chi connectivity index (χ0v) is 22.6. The topological polar surface area (TPSA) is 78.6 Å². The molecule has 3 saturated heterocycles. The molecule has 3 atom stereocenters. The van der Waals surface area contributed by atoms with Crippen LogP contribution in [0.15, 0.2) is 9.70 Å². The molecule has 3 aliphatic heterocycles. The molecule has 3 fully saturated rings. The molecular formula is C26H34N4O3S2. The van der Waals surface area contributed by atoms with Crippen LogP contribution in [0.5, 0.6) is 0 Å². The van der Waals surface area contributed by atoms with Crippen LogP contribution in [0.1, 0.15) is 63.1 Å². The molecule has 0 saturated carbocycles. The van der Waals surface area contributed by atoms with E-state index in [1.165, 1.54) is 11.8 Å². The third-order valence-corrected chi connectivity index (χ3v) is 8.40. The molecule has 3 unspecified atom stereocenters. The van der Waals surface area contributed by atoms with Crippen LogP contribution in [-0.4, -0.2) is 52.0 Å². The molecule has 9 heteroatoms. The second-order valence-electron chi connectivity index (χ2n) is 10.1. The number of nitrogens with zero attached hydrogens (tertiary/aromatic N) is 4. The van der Waals surface area contributed by atoms with Gasteiger partial charge < -0.3 is 9.64 Å². The first-order chi connectivity index (χ1) is 16.7. The predicted molar refractivity (Wildman–Crippen MR) is 144 cm³/mol. The number of thioether (sulfide) groups is 1. The van der Waals surface area contributed by atoms with Gasteiger partial charge in [0, 0.05) is 31.8 Å². The summed E-state index contributed by atoms with van der Waals surface area (Å²) in [4.78, 5) is 31.2. The molecule has 188 valence electrons. The molecular weight excluding hydrogens is 480 g/mol. The Morgan fingerprint density at radius 1 is 1.26 bits per heavy atom. The lowest BCUT2D eigenvalue weighted by Gasteiger charge is -2.39. The number of hydrogen-bond donors (Lipinski definition) is 0. The molecule has 0 radical (unpaired) electrons. The Hall–Kier alpha value is -2.15. The molecule has 0 aromatic carbocycles. The van der Waals surface area contributed by atoms with Crippen molar-refractivity contribution in [3.63, 3.8) is 0 Å². The fourth-order valence-electron chi connectivity index (χ4n) is 5.53. The molecule has 0 spiro atoms. The van der Waals surface area contributed by atoms with E-state index in [0.717, 1.165) is 56.8 Å². The molecule has 0 N–H and O–H groups in total. The number of nitriles is 1. The van der Waals surface area contributed by atoms with Crippen LogP contribution >= 0.6 is 24.0 Å². The van der Waals surface area contributed by atoms with E-state index in [2.05, 4.69) is 24.8 Å². The Bertz CT molecular complexity index is 1140. The monoisotopic (exact) mass is 514 g/mol. The zero-order valence-electron chi connectivity index (χ0n) is 21.0. The van der Waals surface area contributed by atoms with Crippen LogP contribution < -0.4 is 10.5 Å². The van der Waals surface area contributed by atoms with Gasteiger partial charge in [-0.25, -0.2) is 0 Å². The van der Waals surface area contributed by atoms with Crippen molar-refractivity contribution in [1.29, 1.82) is 5.26 Å². The molecule has 4 rings (SSSR count). The average molecular weight is 515 g/mol. The van der Waals surface area contributed by atoms with E-state index >= 15 is 0 Å². The Morgan fingerprint density at radius 2 is 1.97 bits per heavy atom. The molecule has 1 aromatic heterocycles. The summed E-state index contributed by atoms with van der Waals surface area (Å²) < 4.78 is 8.00. The zero-order chi connectivity index (χ0) is 25.3. The van der Waals surface area contributed by atoms with E-state index in [-0.39, 0.29) is 23.1 Å². The van der Waals surface area contributed by atoms with Gasteiger partial charge in [-0.05, 0) is 56.1 Å². The first kappa shape index (κ1) is 25.9. The van der Waals surface area contributed by atoms with Crippen LogP contribution in [0, 0.1) is 30.1 Å². The van der Waals surface area contributed by atoms with Crippen LogP contribution in [0.2, 0.25) is 0 Å². The highest BCUT2D eigenvalue weighted by Gasteiger charge is 2.36. The highest BCUT2D eigenvalue weighted by molar-refractivity contribution is 8.26. The minimum absolute atomic E-state index is 0.0159. The molecule has 3 aliphatic rings. The van der Waals surface area contributed by atoms with Gasteiger partial charge in [0.05, 0.1) is 17.6 Å². The maximum absolute atomic E-state index is 13.4. The lowest BCUT2D eigenvalue weighted by molar-refractivity contribution is -0.123. The minimum atomic E-state index is -0.254. The smallest absolute Gasteiger partial charge is 0.270 e.